The van der Waals surface area contributed by atoms with E-state index in [-0.39, 0.29) is 18.1 Å². The molecule has 0 aliphatic rings. The number of aromatic nitrogens is 3. The lowest BCUT2D eigenvalue weighted by Crippen LogP contribution is -2.26. The molecule has 33 heavy (non-hydrogen) atoms. The first-order valence-electron chi connectivity index (χ1n) is 10.2. The Labute approximate surface area is 194 Å². The lowest BCUT2D eigenvalue weighted by Gasteiger charge is -2.19. The predicted octanol–water partition coefficient (Wildman–Crippen LogP) is 3.94. The van der Waals surface area contributed by atoms with Gasteiger partial charge in [-0.25, -0.2) is 9.48 Å². The largest absolute Gasteiger partial charge is 0.487 e. The number of nitrogens with zero attached hydrogens (tertiary/aromatic N) is 4. The number of hydrogen-bond acceptors (Lipinski definition) is 6. The van der Waals surface area contributed by atoms with Crippen LogP contribution in [0.4, 0.5) is 0 Å². The highest BCUT2D eigenvalue weighted by atomic mass is 32.1. The third-order valence-electron chi connectivity index (χ3n) is 4.94. The zero-order valence-electron chi connectivity index (χ0n) is 17.9. The van der Waals surface area contributed by atoms with Gasteiger partial charge in [-0.1, -0.05) is 35.5 Å². The predicted molar refractivity (Wildman–Crippen MR) is 123 cm³/mol. The second-order valence-electron chi connectivity index (χ2n) is 7.43. The van der Waals surface area contributed by atoms with Gasteiger partial charge in [0, 0.05) is 29.6 Å². The van der Waals surface area contributed by atoms with Gasteiger partial charge in [0.15, 0.2) is 0 Å². The minimum absolute atomic E-state index is 0.0742. The maximum absolute atomic E-state index is 12.8. The number of hydrogen-bond donors (Lipinski definition) is 1. The zero-order valence-corrected chi connectivity index (χ0v) is 18.7. The molecule has 0 aliphatic heterocycles. The number of benzene rings is 2. The Morgan fingerprint density at radius 2 is 1.91 bits per heavy atom. The first-order valence-corrected chi connectivity index (χ1v) is 11.1. The van der Waals surface area contributed by atoms with Crippen molar-refractivity contribution in [1.82, 2.24) is 19.9 Å². The monoisotopic (exact) mass is 462 g/mol. The van der Waals surface area contributed by atoms with E-state index in [1.54, 1.807) is 35.2 Å². The topological polar surface area (TPSA) is 97.5 Å². The van der Waals surface area contributed by atoms with Crippen LogP contribution in [0.25, 0.3) is 0 Å². The molecule has 168 valence electrons. The average Bonchev–Trinajstić information content (AvgIpc) is 3.50. The maximum Gasteiger partial charge on any atom is 0.335 e. The summed E-state index contributed by atoms with van der Waals surface area (Å²) in [6.07, 6.45) is 1.85. The molecule has 1 amide bonds. The second-order valence-corrected chi connectivity index (χ2v) is 8.46. The summed E-state index contributed by atoms with van der Waals surface area (Å²) in [5.74, 6) is -0.702. The van der Waals surface area contributed by atoms with Crippen LogP contribution in [0, 0.1) is 0 Å². The van der Waals surface area contributed by atoms with Crippen molar-refractivity contribution in [3.05, 3.63) is 99.5 Å². The Morgan fingerprint density at radius 3 is 2.70 bits per heavy atom. The van der Waals surface area contributed by atoms with Gasteiger partial charge in [0.05, 0.1) is 18.3 Å². The van der Waals surface area contributed by atoms with Crippen molar-refractivity contribution < 1.29 is 19.4 Å². The lowest BCUT2D eigenvalue weighted by atomic mass is 10.1. The molecule has 2 aromatic heterocycles. The van der Waals surface area contributed by atoms with Gasteiger partial charge >= 0.3 is 5.97 Å². The van der Waals surface area contributed by atoms with E-state index in [1.165, 1.54) is 21.9 Å². The third kappa shape index (κ3) is 5.64. The van der Waals surface area contributed by atoms with E-state index < -0.39 is 5.97 Å². The number of carbonyl (C=O) groups excluding carboxylic acids is 1. The molecule has 2 aromatic carbocycles. The molecule has 0 saturated heterocycles. The Kier molecular flexibility index (Phi) is 6.80. The molecule has 0 fully saturated rings. The second kappa shape index (κ2) is 10.1. The molecule has 8 nitrogen and oxygen atoms in total. The zero-order chi connectivity index (χ0) is 23.2. The average molecular weight is 463 g/mol. The van der Waals surface area contributed by atoms with Crippen molar-refractivity contribution in [2.45, 2.75) is 19.7 Å². The number of amides is 1. The van der Waals surface area contributed by atoms with Crippen molar-refractivity contribution in [1.29, 1.82) is 0 Å². The van der Waals surface area contributed by atoms with E-state index in [2.05, 4.69) is 16.4 Å². The smallest absolute Gasteiger partial charge is 0.335 e. The highest BCUT2D eigenvalue weighted by Gasteiger charge is 2.16. The Bertz CT molecular complexity index is 1250. The van der Waals surface area contributed by atoms with Crippen LogP contribution in [0.15, 0.2) is 72.2 Å². The number of para-hydroxylation sites is 1. The molecule has 0 radical (unpaired) electrons. The van der Waals surface area contributed by atoms with Gasteiger partial charge in [0.25, 0.3) is 5.91 Å². The van der Waals surface area contributed by atoms with Crippen molar-refractivity contribution >= 4 is 23.2 Å². The molecule has 0 saturated carbocycles. The third-order valence-corrected chi connectivity index (χ3v) is 5.80. The van der Waals surface area contributed by atoms with Crippen LogP contribution in [0.5, 0.6) is 5.75 Å². The highest BCUT2D eigenvalue weighted by Crippen LogP contribution is 2.21. The SMILES string of the molecule is CN(Cc1ccccc1OCc1cn(Cc2cccs2)nn1)C(=O)c1cccc(C(=O)O)c1. The van der Waals surface area contributed by atoms with Gasteiger partial charge in [-0.05, 0) is 35.7 Å². The van der Waals surface area contributed by atoms with Gasteiger partial charge in [-0.3, -0.25) is 4.79 Å². The fourth-order valence-corrected chi connectivity index (χ4v) is 4.00. The number of carboxylic acids is 1. The first kappa shape index (κ1) is 22.2. The van der Waals surface area contributed by atoms with E-state index in [1.807, 2.05) is 41.9 Å². The molecule has 0 atom stereocenters. The lowest BCUT2D eigenvalue weighted by molar-refractivity contribution is 0.0697. The first-order chi connectivity index (χ1) is 16.0. The summed E-state index contributed by atoms with van der Waals surface area (Å²) < 4.78 is 7.75. The standard InChI is InChI=1S/C24H22N4O4S/c1-27(23(29)17-7-4-8-18(12-17)24(30)31)13-19-6-2-3-10-22(19)32-16-20-14-28(26-25-20)15-21-9-5-11-33-21/h2-12,14H,13,15-16H2,1H3,(H,30,31). The van der Waals surface area contributed by atoms with Gasteiger partial charge in [0.2, 0.25) is 0 Å². The minimum atomic E-state index is -1.07. The molecule has 0 unspecified atom stereocenters. The molecule has 0 spiro atoms. The van der Waals surface area contributed by atoms with Crippen LogP contribution in [-0.2, 0) is 19.7 Å². The molecule has 1 N–H and O–H groups in total. The quantitative estimate of drug-likeness (QED) is 0.405. The van der Waals surface area contributed by atoms with E-state index in [4.69, 9.17) is 9.84 Å². The van der Waals surface area contributed by atoms with Gasteiger partial charge in [0.1, 0.15) is 18.1 Å². The van der Waals surface area contributed by atoms with Crippen LogP contribution < -0.4 is 4.74 Å². The van der Waals surface area contributed by atoms with Crippen LogP contribution in [-0.4, -0.2) is 43.9 Å². The molecule has 0 bridgehead atoms. The van der Waals surface area contributed by atoms with E-state index in [9.17, 15) is 9.59 Å². The Balaban J connectivity index is 1.40. The van der Waals surface area contributed by atoms with Crippen LogP contribution in [0.1, 0.15) is 36.9 Å². The van der Waals surface area contributed by atoms with Crippen molar-refractivity contribution in [2.24, 2.45) is 0 Å². The summed E-state index contributed by atoms with van der Waals surface area (Å²) in [6.45, 7) is 1.22. The Morgan fingerprint density at radius 1 is 1.09 bits per heavy atom. The molecule has 0 aliphatic carbocycles. The van der Waals surface area contributed by atoms with E-state index in [0.29, 0.717) is 30.1 Å². The number of thiophene rings is 1. The van der Waals surface area contributed by atoms with Crippen molar-refractivity contribution in [2.75, 3.05) is 7.05 Å². The fourth-order valence-electron chi connectivity index (χ4n) is 3.30. The number of aromatic carboxylic acids is 1. The van der Waals surface area contributed by atoms with E-state index >= 15 is 0 Å². The number of carboxylic acid groups (broad SMARTS) is 1. The molecule has 4 rings (SSSR count). The summed E-state index contributed by atoms with van der Waals surface area (Å²) in [7, 11) is 1.67. The highest BCUT2D eigenvalue weighted by molar-refractivity contribution is 7.09. The van der Waals surface area contributed by atoms with Crippen LogP contribution >= 0.6 is 11.3 Å². The van der Waals surface area contributed by atoms with E-state index in [0.717, 1.165) is 5.56 Å². The summed E-state index contributed by atoms with van der Waals surface area (Å²) in [5.41, 5.74) is 1.92. The fraction of sp³-hybridized carbons (Fsp3) is 0.167. The minimum Gasteiger partial charge on any atom is -0.487 e. The summed E-state index contributed by atoms with van der Waals surface area (Å²) in [4.78, 5) is 26.7. The van der Waals surface area contributed by atoms with Crippen molar-refractivity contribution in [3.8, 4) is 5.75 Å². The van der Waals surface area contributed by atoms with Gasteiger partial charge in [-0.15, -0.1) is 16.4 Å². The number of rotatable bonds is 9. The van der Waals surface area contributed by atoms with Crippen LogP contribution in [0.2, 0.25) is 0 Å². The van der Waals surface area contributed by atoms with Gasteiger partial charge in [-0.2, -0.15) is 0 Å². The molecule has 4 aromatic rings. The van der Waals surface area contributed by atoms with Crippen molar-refractivity contribution in [3.63, 3.8) is 0 Å². The van der Waals surface area contributed by atoms with Crippen LogP contribution in [0.3, 0.4) is 0 Å². The Hall–Kier alpha value is -3.98. The summed E-state index contributed by atoms with van der Waals surface area (Å²) >= 11 is 1.67. The van der Waals surface area contributed by atoms with Gasteiger partial charge < -0.3 is 14.7 Å². The number of ether oxygens (including phenoxy) is 1. The number of carbonyl (C=O) groups is 2. The maximum atomic E-state index is 12.8. The summed E-state index contributed by atoms with van der Waals surface area (Å²) in [6, 6.07) is 17.5. The summed E-state index contributed by atoms with van der Waals surface area (Å²) in [5, 5.41) is 19.5. The molecular weight excluding hydrogens is 440 g/mol. The normalized spacial score (nSPS) is 10.7. The molecule has 9 heteroatoms. The molecular formula is C24H22N4O4S. The molecule has 2 heterocycles.